The first-order valence-electron chi connectivity index (χ1n) is 3.68. The normalized spacial score (nSPS) is 9.86. The van der Waals surface area contributed by atoms with Gasteiger partial charge < -0.3 is 5.73 Å². The predicted molar refractivity (Wildman–Crippen MR) is 47.5 cm³/mol. The molecule has 6 heteroatoms. The number of nitrogen functional groups attached to an aromatic ring is 1. The molecular weight excluding hydrogens is 191 g/mol. The largest absolute Gasteiger partial charge is 0.393 e. The molecule has 2 N–H and O–H groups in total. The fraction of sp³-hybridized carbons (Fsp3) is 0.125. The van der Waals surface area contributed by atoms with Gasteiger partial charge in [-0.25, -0.2) is 4.39 Å². The Hall–Kier alpha value is -1.98. The summed E-state index contributed by atoms with van der Waals surface area (Å²) < 4.78 is 13.0. The monoisotopic (exact) mass is 198 g/mol. The molecule has 0 saturated carbocycles. The fourth-order valence-electron chi connectivity index (χ4n) is 1.01. The lowest BCUT2D eigenvalue weighted by atomic mass is 10.1. The summed E-state index contributed by atoms with van der Waals surface area (Å²) in [6.07, 6.45) is 0. The topological polar surface area (TPSA) is 86.2 Å². The third-order valence-electron chi connectivity index (χ3n) is 1.69. The number of nitro groups is 1. The number of Topliss-reactive ketones (excluding diaryl/α,β-unsaturated/α-hetero) is 1. The number of nitrogens with zero attached hydrogens (tertiary/aromatic N) is 1. The van der Waals surface area contributed by atoms with Gasteiger partial charge in [-0.3, -0.25) is 14.9 Å². The van der Waals surface area contributed by atoms with E-state index in [9.17, 15) is 19.3 Å². The summed E-state index contributed by atoms with van der Waals surface area (Å²) in [7, 11) is 0. The molecule has 0 atom stereocenters. The van der Waals surface area contributed by atoms with Gasteiger partial charge in [-0.1, -0.05) is 0 Å². The number of benzene rings is 1. The highest BCUT2D eigenvalue weighted by atomic mass is 19.1. The van der Waals surface area contributed by atoms with Crippen molar-refractivity contribution in [3.05, 3.63) is 33.6 Å². The molecule has 0 fully saturated rings. The minimum absolute atomic E-state index is 0.294. The van der Waals surface area contributed by atoms with Crippen LogP contribution in [0.5, 0.6) is 0 Å². The molecule has 14 heavy (non-hydrogen) atoms. The second-order valence-electron chi connectivity index (χ2n) is 2.70. The molecule has 0 heterocycles. The minimum atomic E-state index is -0.847. The Labute approximate surface area is 78.5 Å². The van der Waals surface area contributed by atoms with Crippen LogP contribution in [0.1, 0.15) is 17.3 Å². The highest BCUT2D eigenvalue weighted by Gasteiger charge is 2.18. The molecule has 0 bridgehead atoms. The number of nitro benzene ring substituents is 1. The molecule has 1 aromatic rings. The van der Waals surface area contributed by atoms with E-state index >= 15 is 0 Å². The fourth-order valence-corrected chi connectivity index (χ4v) is 1.01. The van der Waals surface area contributed by atoms with Crippen LogP contribution in [0.15, 0.2) is 12.1 Å². The van der Waals surface area contributed by atoms with Crippen LogP contribution in [0.3, 0.4) is 0 Å². The Morgan fingerprint density at radius 2 is 2.14 bits per heavy atom. The van der Waals surface area contributed by atoms with Crippen LogP contribution in [0, 0.1) is 15.9 Å². The zero-order valence-electron chi connectivity index (χ0n) is 7.28. The highest BCUT2D eigenvalue weighted by Crippen LogP contribution is 2.25. The summed E-state index contributed by atoms with van der Waals surface area (Å²) in [5, 5.41) is 10.4. The van der Waals surface area contributed by atoms with Gasteiger partial charge in [-0.05, 0) is 6.92 Å². The maximum atomic E-state index is 13.0. The van der Waals surface area contributed by atoms with E-state index in [4.69, 9.17) is 5.73 Å². The maximum absolute atomic E-state index is 13.0. The SMILES string of the molecule is CC(=O)c1cc([N+](=O)[O-])c(N)cc1F. The first-order valence-corrected chi connectivity index (χ1v) is 3.68. The smallest absolute Gasteiger partial charge is 0.293 e. The van der Waals surface area contributed by atoms with Crippen molar-refractivity contribution in [2.45, 2.75) is 6.92 Å². The van der Waals surface area contributed by atoms with Gasteiger partial charge in [0.05, 0.1) is 10.5 Å². The van der Waals surface area contributed by atoms with E-state index in [1.165, 1.54) is 0 Å². The van der Waals surface area contributed by atoms with Crippen molar-refractivity contribution in [2.75, 3.05) is 5.73 Å². The van der Waals surface area contributed by atoms with Crippen LogP contribution in [0.2, 0.25) is 0 Å². The molecule has 0 unspecified atom stereocenters. The van der Waals surface area contributed by atoms with Crippen LogP contribution < -0.4 is 5.73 Å². The van der Waals surface area contributed by atoms with E-state index in [1.807, 2.05) is 0 Å². The number of carbonyl (C=O) groups excluding carboxylic acids is 1. The predicted octanol–water partition coefficient (Wildman–Crippen LogP) is 1.52. The zero-order chi connectivity index (χ0) is 10.9. The molecule has 0 saturated heterocycles. The van der Waals surface area contributed by atoms with Crippen molar-refractivity contribution in [1.82, 2.24) is 0 Å². The van der Waals surface area contributed by atoms with Crippen LogP contribution in [-0.4, -0.2) is 10.7 Å². The molecule has 0 amide bonds. The van der Waals surface area contributed by atoms with E-state index in [0.717, 1.165) is 19.1 Å². The Morgan fingerprint density at radius 3 is 2.57 bits per heavy atom. The van der Waals surface area contributed by atoms with Crippen molar-refractivity contribution >= 4 is 17.2 Å². The van der Waals surface area contributed by atoms with Crippen LogP contribution in [0.4, 0.5) is 15.8 Å². The lowest BCUT2D eigenvalue weighted by Crippen LogP contribution is -2.02. The van der Waals surface area contributed by atoms with Crippen LogP contribution >= 0.6 is 0 Å². The molecule has 0 radical (unpaired) electrons. The summed E-state index contributed by atoms with van der Waals surface area (Å²) in [6.45, 7) is 1.12. The first kappa shape index (κ1) is 10.1. The minimum Gasteiger partial charge on any atom is -0.393 e. The second-order valence-corrected chi connectivity index (χ2v) is 2.70. The Balaban J connectivity index is 3.42. The summed E-state index contributed by atoms with van der Waals surface area (Å²) >= 11 is 0. The Kier molecular flexibility index (Phi) is 2.46. The lowest BCUT2D eigenvalue weighted by molar-refractivity contribution is -0.384. The number of hydrogen-bond donors (Lipinski definition) is 1. The molecular formula is C8H7FN2O3. The third kappa shape index (κ3) is 1.68. The van der Waals surface area contributed by atoms with Crippen molar-refractivity contribution in [1.29, 1.82) is 0 Å². The summed E-state index contributed by atoms with van der Waals surface area (Å²) in [5.74, 6) is -1.42. The highest BCUT2D eigenvalue weighted by molar-refractivity contribution is 5.95. The molecule has 0 aliphatic carbocycles. The summed E-state index contributed by atoms with van der Waals surface area (Å²) in [6, 6.07) is 1.61. The van der Waals surface area contributed by atoms with Gasteiger partial charge in [-0.15, -0.1) is 0 Å². The zero-order valence-corrected chi connectivity index (χ0v) is 7.28. The van der Waals surface area contributed by atoms with Gasteiger partial charge in [-0.2, -0.15) is 0 Å². The van der Waals surface area contributed by atoms with E-state index in [1.54, 1.807) is 0 Å². The molecule has 0 aromatic heterocycles. The second kappa shape index (κ2) is 3.41. The molecule has 0 aliphatic heterocycles. The summed E-state index contributed by atoms with van der Waals surface area (Å²) in [4.78, 5) is 20.5. The third-order valence-corrected chi connectivity index (χ3v) is 1.69. The van der Waals surface area contributed by atoms with E-state index in [-0.39, 0.29) is 11.3 Å². The van der Waals surface area contributed by atoms with Gasteiger partial charge in [0.2, 0.25) is 0 Å². The van der Waals surface area contributed by atoms with Gasteiger partial charge in [0.1, 0.15) is 11.5 Å². The number of carbonyl (C=O) groups is 1. The van der Waals surface area contributed by atoms with E-state index in [0.29, 0.717) is 0 Å². The van der Waals surface area contributed by atoms with Crippen molar-refractivity contribution in [3.63, 3.8) is 0 Å². The van der Waals surface area contributed by atoms with Crippen molar-refractivity contribution < 1.29 is 14.1 Å². The number of anilines is 1. The molecule has 5 nitrogen and oxygen atoms in total. The number of halogens is 1. The molecule has 74 valence electrons. The molecule has 0 spiro atoms. The molecule has 0 aliphatic rings. The Morgan fingerprint density at radius 1 is 1.57 bits per heavy atom. The number of hydrogen-bond acceptors (Lipinski definition) is 4. The maximum Gasteiger partial charge on any atom is 0.293 e. The molecule has 1 rings (SSSR count). The standard InChI is InChI=1S/C8H7FN2O3/c1-4(12)5-2-8(11(13)14)7(10)3-6(5)9/h2-3H,10H2,1H3. The van der Waals surface area contributed by atoms with E-state index < -0.39 is 22.2 Å². The van der Waals surface area contributed by atoms with Gasteiger partial charge in [0.25, 0.3) is 5.69 Å². The van der Waals surface area contributed by atoms with Gasteiger partial charge in [0, 0.05) is 12.1 Å². The summed E-state index contributed by atoms with van der Waals surface area (Å²) in [5.41, 5.74) is 4.12. The average molecular weight is 198 g/mol. The Bertz CT molecular complexity index is 382. The average Bonchev–Trinajstić information content (AvgIpc) is 2.02. The lowest BCUT2D eigenvalue weighted by Gasteiger charge is -2.01. The quantitative estimate of drug-likeness (QED) is 0.338. The number of rotatable bonds is 2. The van der Waals surface area contributed by atoms with Gasteiger partial charge in [0.15, 0.2) is 5.78 Å². The number of nitrogens with two attached hydrogens (primary N) is 1. The van der Waals surface area contributed by atoms with Crippen molar-refractivity contribution in [2.24, 2.45) is 0 Å². The first-order chi connectivity index (χ1) is 6.43. The van der Waals surface area contributed by atoms with Crippen LogP contribution in [-0.2, 0) is 0 Å². The van der Waals surface area contributed by atoms with E-state index in [2.05, 4.69) is 0 Å². The van der Waals surface area contributed by atoms with Crippen molar-refractivity contribution in [3.8, 4) is 0 Å². The number of ketones is 1. The molecule has 1 aromatic carbocycles. The van der Waals surface area contributed by atoms with Crippen LogP contribution in [0.25, 0.3) is 0 Å². The van der Waals surface area contributed by atoms with Gasteiger partial charge >= 0.3 is 0 Å².